The average Bonchev–Trinajstić information content (AvgIpc) is 2.55. The van der Waals surface area contributed by atoms with Crippen molar-refractivity contribution >= 4 is 0 Å². The number of hydrogen-bond donors (Lipinski definition) is 1. The minimum absolute atomic E-state index is 0.114. The van der Waals surface area contributed by atoms with Gasteiger partial charge >= 0.3 is 0 Å². The average molecular weight is 185 g/mol. The van der Waals surface area contributed by atoms with Crippen LogP contribution in [0.15, 0.2) is 0 Å². The molecule has 2 rings (SSSR count). The third-order valence-corrected chi connectivity index (χ3v) is 3.54. The molecule has 2 aliphatic rings. The van der Waals surface area contributed by atoms with Crippen LogP contribution in [0, 0.1) is 5.41 Å². The maximum absolute atomic E-state index is 9.00. The van der Waals surface area contributed by atoms with Crippen molar-refractivity contribution in [3.05, 3.63) is 0 Å². The quantitative estimate of drug-likeness (QED) is 0.645. The van der Waals surface area contributed by atoms with Crippen molar-refractivity contribution in [1.82, 2.24) is 4.90 Å². The molecule has 0 saturated carbocycles. The van der Waals surface area contributed by atoms with Gasteiger partial charge in [-0.15, -0.1) is 0 Å². The van der Waals surface area contributed by atoms with Gasteiger partial charge in [0, 0.05) is 0 Å². The van der Waals surface area contributed by atoms with Crippen LogP contribution in [0.4, 0.5) is 0 Å². The van der Waals surface area contributed by atoms with E-state index in [1.807, 2.05) is 0 Å². The molecule has 1 unspecified atom stereocenters. The minimum atomic E-state index is 0.114. The van der Waals surface area contributed by atoms with Crippen LogP contribution >= 0.6 is 0 Å². The Balaban J connectivity index is 1.92. The summed E-state index contributed by atoms with van der Waals surface area (Å²) in [4.78, 5) is 2.37. The molecule has 0 amide bonds. The molecule has 0 aliphatic carbocycles. The summed E-state index contributed by atoms with van der Waals surface area (Å²) >= 11 is 0. The highest BCUT2D eigenvalue weighted by Gasteiger charge is 2.41. The highest BCUT2D eigenvalue weighted by atomic mass is 16.5. The van der Waals surface area contributed by atoms with Crippen LogP contribution in [0.25, 0.3) is 0 Å². The number of aliphatic hydroxyl groups excluding tert-OH is 1. The number of piperidine rings is 1. The van der Waals surface area contributed by atoms with Gasteiger partial charge in [-0.25, -0.2) is 0 Å². The highest BCUT2D eigenvalue weighted by molar-refractivity contribution is 4.91. The largest absolute Gasteiger partial charge is 0.394 e. The van der Waals surface area contributed by atoms with E-state index in [9.17, 15) is 0 Å². The smallest absolute Gasteiger partial charge is 0.0812 e. The van der Waals surface area contributed by atoms with Crippen molar-refractivity contribution in [3.63, 3.8) is 0 Å². The molecule has 0 bridgehead atoms. The topological polar surface area (TPSA) is 32.7 Å². The van der Waals surface area contributed by atoms with Crippen LogP contribution in [0.2, 0.25) is 0 Å². The van der Waals surface area contributed by atoms with Crippen molar-refractivity contribution in [3.8, 4) is 0 Å². The number of ether oxygens (including phenoxy) is 1. The van der Waals surface area contributed by atoms with E-state index in [2.05, 4.69) is 11.9 Å². The number of rotatable bonds is 1. The summed E-state index contributed by atoms with van der Waals surface area (Å²) in [6.45, 7) is 3.42. The number of nitrogens with zero attached hydrogens (tertiary/aromatic N) is 1. The molecule has 2 saturated heterocycles. The van der Waals surface area contributed by atoms with Gasteiger partial charge in [-0.3, -0.25) is 0 Å². The van der Waals surface area contributed by atoms with E-state index >= 15 is 0 Å². The van der Waals surface area contributed by atoms with Crippen molar-refractivity contribution in [2.45, 2.75) is 25.4 Å². The summed E-state index contributed by atoms with van der Waals surface area (Å²) in [5.74, 6) is 0. The Morgan fingerprint density at radius 2 is 2.15 bits per heavy atom. The van der Waals surface area contributed by atoms with Gasteiger partial charge in [0.15, 0.2) is 0 Å². The van der Waals surface area contributed by atoms with Gasteiger partial charge in [0.25, 0.3) is 0 Å². The maximum Gasteiger partial charge on any atom is 0.0812 e. The molecular weight excluding hydrogens is 166 g/mol. The van der Waals surface area contributed by atoms with Gasteiger partial charge in [0.1, 0.15) is 0 Å². The standard InChI is InChI=1S/C10H19NO2/c1-11-4-2-10(3-5-11)6-9(7-12)13-8-10/h9,12H,2-8H2,1H3. The molecule has 2 fully saturated rings. The SMILES string of the molecule is CN1CCC2(CC1)COC(CO)C2. The van der Waals surface area contributed by atoms with E-state index in [-0.39, 0.29) is 12.7 Å². The second kappa shape index (κ2) is 3.56. The Bertz CT molecular complexity index is 176. The fraction of sp³-hybridized carbons (Fsp3) is 1.00. The van der Waals surface area contributed by atoms with Crippen LogP contribution in [0.3, 0.4) is 0 Å². The minimum Gasteiger partial charge on any atom is -0.394 e. The first-order chi connectivity index (χ1) is 6.24. The summed E-state index contributed by atoms with van der Waals surface area (Å²) in [6, 6.07) is 0. The van der Waals surface area contributed by atoms with Crippen LogP contribution in [0.5, 0.6) is 0 Å². The highest BCUT2D eigenvalue weighted by Crippen LogP contribution is 2.41. The van der Waals surface area contributed by atoms with E-state index in [0.29, 0.717) is 5.41 Å². The first-order valence-corrected chi connectivity index (χ1v) is 5.15. The van der Waals surface area contributed by atoms with Crippen LogP contribution < -0.4 is 0 Å². The fourth-order valence-corrected chi connectivity index (χ4v) is 2.45. The molecule has 0 aromatic heterocycles. The summed E-state index contributed by atoms with van der Waals surface area (Å²) in [5, 5.41) is 9.00. The molecule has 2 aliphatic heterocycles. The molecule has 1 spiro atoms. The first kappa shape index (κ1) is 9.44. The molecular formula is C10H19NO2. The van der Waals surface area contributed by atoms with Crippen molar-refractivity contribution in [2.75, 3.05) is 33.4 Å². The van der Waals surface area contributed by atoms with Crippen LogP contribution in [0.1, 0.15) is 19.3 Å². The molecule has 1 atom stereocenters. The summed E-state index contributed by atoms with van der Waals surface area (Å²) < 4.78 is 5.56. The van der Waals surface area contributed by atoms with Crippen molar-refractivity contribution in [2.24, 2.45) is 5.41 Å². The zero-order chi connectivity index (χ0) is 9.31. The molecule has 76 valence electrons. The molecule has 3 nitrogen and oxygen atoms in total. The van der Waals surface area contributed by atoms with Gasteiger partial charge in [-0.05, 0) is 44.8 Å². The normalized spacial score (nSPS) is 34.2. The lowest BCUT2D eigenvalue weighted by Gasteiger charge is -2.36. The van der Waals surface area contributed by atoms with Gasteiger partial charge in [-0.1, -0.05) is 0 Å². The van der Waals surface area contributed by atoms with Crippen molar-refractivity contribution < 1.29 is 9.84 Å². The Morgan fingerprint density at radius 3 is 2.69 bits per heavy atom. The Hall–Kier alpha value is -0.120. The van der Waals surface area contributed by atoms with E-state index in [4.69, 9.17) is 9.84 Å². The fourth-order valence-electron chi connectivity index (χ4n) is 2.45. The lowest BCUT2D eigenvalue weighted by atomic mass is 9.77. The van der Waals surface area contributed by atoms with E-state index in [0.717, 1.165) is 13.0 Å². The van der Waals surface area contributed by atoms with E-state index in [1.54, 1.807) is 0 Å². The summed E-state index contributed by atoms with van der Waals surface area (Å²) in [6.07, 6.45) is 3.65. The van der Waals surface area contributed by atoms with Crippen LogP contribution in [-0.2, 0) is 4.74 Å². The molecule has 2 heterocycles. The second-order valence-electron chi connectivity index (χ2n) is 4.62. The Labute approximate surface area is 79.7 Å². The third-order valence-electron chi connectivity index (χ3n) is 3.54. The maximum atomic E-state index is 9.00. The molecule has 13 heavy (non-hydrogen) atoms. The number of aliphatic hydroxyl groups is 1. The second-order valence-corrected chi connectivity index (χ2v) is 4.62. The molecule has 3 heteroatoms. The predicted octanol–water partition coefficient (Wildman–Crippen LogP) is 0.480. The monoisotopic (exact) mass is 185 g/mol. The molecule has 0 aromatic rings. The molecule has 0 aromatic carbocycles. The summed E-state index contributed by atoms with van der Waals surface area (Å²) in [7, 11) is 2.17. The zero-order valence-corrected chi connectivity index (χ0v) is 8.33. The van der Waals surface area contributed by atoms with Gasteiger partial charge in [-0.2, -0.15) is 0 Å². The van der Waals surface area contributed by atoms with Crippen LogP contribution in [-0.4, -0.2) is 49.5 Å². The Kier molecular flexibility index (Phi) is 2.58. The molecule has 1 N–H and O–H groups in total. The number of likely N-dealkylation sites (tertiary alicyclic amines) is 1. The summed E-state index contributed by atoms with van der Waals surface area (Å²) in [5.41, 5.74) is 0.403. The van der Waals surface area contributed by atoms with Gasteiger partial charge in [0.2, 0.25) is 0 Å². The predicted molar refractivity (Wildman–Crippen MR) is 50.6 cm³/mol. The van der Waals surface area contributed by atoms with Crippen molar-refractivity contribution in [1.29, 1.82) is 0 Å². The van der Waals surface area contributed by atoms with E-state index < -0.39 is 0 Å². The van der Waals surface area contributed by atoms with Gasteiger partial charge in [0.05, 0.1) is 19.3 Å². The van der Waals surface area contributed by atoms with Gasteiger partial charge < -0.3 is 14.7 Å². The lowest BCUT2D eigenvalue weighted by molar-refractivity contribution is 0.0450. The third kappa shape index (κ3) is 1.87. The first-order valence-electron chi connectivity index (χ1n) is 5.15. The van der Waals surface area contributed by atoms with E-state index in [1.165, 1.54) is 25.9 Å². The zero-order valence-electron chi connectivity index (χ0n) is 8.33. The molecule has 0 radical (unpaired) electrons. The lowest BCUT2D eigenvalue weighted by Crippen LogP contribution is -2.38. The number of hydrogen-bond acceptors (Lipinski definition) is 3. The Morgan fingerprint density at radius 1 is 1.46 bits per heavy atom.